The number of benzene rings is 1. The predicted molar refractivity (Wildman–Crippen MR) is 106 cm³/mol. The number of nitrogens with zero attached hydrogens (tertiary/aromatic N) is 2. The minimum Gasteiger partial charge on any atom is -0.493 e. The summed E-state index contributed by atoms with van der Waals surface area (Å²) in [6.07, 6.45) is 2.66. The highest BCUT2D eigenvalue weighted by Gasteiger charge is 2.43. The highest BCUT2D eigenvalue weighted by Crippen LogP contribution is 2.37. The minimum absolute atomic E-state index is 0.0137. The Morgan fingerprint density at radius 3 is 2.59 bits per heavy atom. The molecule has 2 aromatic rings. The van der Waals surface area contributed by atoms with E-state index in [2.05, 4.69) is 10.5 Å². The van der Waals surface area contributed by atoms with Gasteiger partial charge in [0.15, 0.2) is 0 Å². The molecular weight excluding hydrogens is 370 g/mol. The van der Waals surface area contributed by atoms with E-state index >= 15 is 0 Å². The van der Waals surface area contributed by atoms with Crippen LogP contribution in [0.25, 0.3) is 0 Å². The van der Waals surface area contributed by atoms with Gasteiger partial charge in [0, 0.05) is 25.2 Å². The number of ether oxygens (including phenoxy) is 1. The van der Waals surface area contributed by atoms with Gasteiger partial charge in [-0.25, -0.2) is 0 Å². The average Bonchev–Trinajstić information content (AvgIpc) is 3.20. The van der Waals surface area contributed by atoms with Crippen molar-refractivity contribution in [2.24, 2.45) is 11.8 Å². The summed E-state index contributed by atoms with van der Waals surface area (Å²) in [4.78, 5) is 26.9. The Bertz CT molecular complexity index is 837. The molecule has 1 unspecified atom stereocenters. The molecule has 0 spiro atoms. The number of rotatable bonds is 7. The van der Waals surface area contributed by atoms with Crippen molar-refractivity contribution < 1.29 is 18.8 Å². The molecule has 3 atom stereocenters. The van der Waals surface area contributed by atoms with Gasteiger partial charge in [-0.2, -0.15) is 0 Å². The van der Waals surface area contributed by atoms with Crippen LogP contribution in [0.4, 0.5) is 0 Å². The number of carbonyl (C=O) groups is 2. The normalized spacial score (nSPS) is 23.1. The molecule has 2 fully saturated rings. The maximum absolute atomic E-state index is 12.6. The van der Waals surface area contributed by atoms with E-state index in [0.717, 1.165) is 24.3 Å². The van der Waals surface area contributed by atoms with Crippen LogP contribution in [0.1, 0.15) is 30.7 Å². The zero-order valence-corrected chi connectivity index (χ0v) is 16.7. The van der Waals surface area contributed by atoms with E-state index in [1.54, 1.807) is 6.07 Å². The lowest BCUT2D eigenvalue weighted by Gasteiger charge is -2.38. The molecule has 7 heteroatoms. The van der Waals surface area contributed by atoms with Gasteiger partial charge in [0.25, 0.3) is 0 Å². The number of hydrogen-bond acceptors (Lipinski definition) is 5. The molecule has 29 heavy (non-hydrogen) atoms. The van der Waals surface area contributed by atoms with E-state index in [9.17, 15) is 9.59 Å². The summed E-state index contributed by atoms with van der Waals surface area (Å²) < 4.78 is 10.8. The first-order valence-electron chi connectivity index (χ1n) is 10.3. The largest absolute Gasteiger partial charge is 0.493 e. The van der Waals surface area contributed by atoms with Crippen molar-refractivity contribution >= 4 is 11.8 Å². The maximum atomic E-state index is 12.6. The van der Waals surface area contributed by atoms with Crippen LogP contribution in [-0.2, 0) is 16.0 Å². The van der Waals surface area contributed by atoms with E-state index < -0.39 is 0 Å². The number of carbonyl (C=O) groups excluding carboxylic acids is 2. The van der Waals surface area contributed by atoms with Gasteiger partial charge in [-0.1, -0.05) is 23.4 Å². The van der Waals surface area contributed by atoms with Gasteiger partial charge in [-0.05, 0) is 43.7 Å². The molecule has 2 aliphatic rings. The molecule has 4 rings (SSSR count). The number of piperidine rings is 1. The van der Waals surface area contributed by atoms with Crippen molar-refractivity contribution in [3.63, 3.8) is 0 Å². The molecule has 2 bridgehead atoms. The van der Waals surface area contributed by atoms with Crippen LogP contribution < -0.4 is 10.1 Å². The van der Waals surface area contributed by atoms with Gasteiger partial charge in [0.05, 0.1) is 25.1 Å². The van der Waals surface area contributed by atoms with Crippen molar-refractivity contribution in [3.8, 4) is 5.75 Å². The molecule has 0 radical (unpaired) electrons. The summed E-state index contributed by atoms with van der Waals surface area (Å²) in [5, 5.41) is 7.04. The molecule has 2 heterocycles. The zero-order valence-electron chi connectivity index (χ0n) is 16.7. The van der Waals surface area contributed by atoms with Crippen LogP contribution in [0.3, 0.4) is 0 Å². The fourth-order valence-electron chi connectivity index (χ4n) is 4.46. The number of hydrogen-bond donors (Lipinski definition) is 1. The summed E-state index contributed by atoms with van der Waals surface area (Å²) in [6, 6.07) is 11.5. The summed E-state index contributed by atoms with van der Waals surface area (Å²) in [6.45, 7) is 3.58. The SMILES string of the molecule is Cc1cc(CC(=O)N2C[C@H]3CC[C@@H](C2)C3NC(=O)CCOc2ccccc2)on1. The topological polar surface area (TPSA) is 84.7 Å². The Hall–Kier alpha value is -2.83. The maximum Gasteiger partial charge on any atom is 0.230 e. The summed E-state index contributed by atoms with van der Waals surface area (Å²) in [5.41, 5.74) is 0.783. The highest BCUT2D eigenvalue weighted by molar-refractivity contribution is 5.79. The Labute approximate surface area is 170 Å². The number of aryl methyl sites for hydroxylation is 1. The standard InChI is InChI=1S/C22H27N3O4/c1-15-11-19(29-24-15)12-21(27)25-13-16-7-8-17(14-25)22(16)23-20(26)9-10-28-18-5-3-2-4-6-18/h2-6,11,16-17,22H,7-10,12-14H2,1H3,(H,23,26)/t16-,17+,22?. The van der Waals surface area contributed by atoms with Gasteiger partial charge in [0.2, 0.25) is 11.8 Å². The number of nitrogens with one attached hydrogen (secondary N) is 1. The monoisotopic (exact) mass is 397 g/mol. The first-order valence-corrected chi connectivity index (χ1v) is 10.3. The van der Waals surface area contributed by atoms with E-state index in [4.69, 9.17) is 9.26 Å². The fraction of sp³-hybridized carbons (Fsp3) is 0.500. The van der Waals surface area contributed by atoms with Gasteiger partial charge in [0.1, 0.15) is 11.5 Å². The molecular formula is C22H27N3O4. The number of amides is 2. The Morgan fingerprint density at radius 1 is 1.21 bits per heavy atom. The molecule has 2 amide bonds. The molecule has 1 aromatic heterocycles. The summed E-state index contributed by atoms with van der Waals surface area (Å²) in [5.74, 6) is 2.09. The highest BCUT2D eigenvalue weighted by atomic mass is 16.5. The van der Waals surface area contributed by atoms with E-state index in [-0.39, 0.29) is 24.3 Å². The van der Waals surface area contributed by atoms with Crippen LogP contribution in [0.2, 0.25) is 0 Å². The lowest BCUT2D eigenvalue weighted by molar-refractivity contribution is -0.133. The molecule has 1 saturated heterocycles. The van der Waals surface area contributed by atoms with Crippen molar-refractivity contribution in [3.05, 3.63) is 47.9 Å². The molecule has 1 aromatic carbocycles. The second kappa shape index (κ2) is 8.68. The van der Waals surface area contributed by atoms with Crippen molar-refractivity contribution in [2.45, 2.75) is 38.6 Å². The second-order valence-corrected chi connectivity index (χ2v) is 8.01. The molecule has 1 aliphatic heterocycles. The number of aromatic nitrogens is 1. The third-order valence-electron chi connectivity index (χ3n) is 5.86. The lowest BCUT2D eigenvalue weighted by Crippen LogP contribution is -2.54. The third kappa shape index (κ3) is 4.78. The van der Waals surface area contributed by atoms with E-state index in [1.165, 1.54) is 0 Å². The molecule has 154 valence electrons. The molecule has 1 saturated carbocycles. The van der Waals surface area contributed by atoms with Crippen LogP contribution >= 0.6 is 0 Å². The van der Waals surface area contributed by atoms with Crippen LogP contribution in [0, 0.1) is 18.8 Å². The average molecular weight is 397 g/mol. The minimum atomic E-state index is 0.0137. The van der Waals surface area contributed by atoms with E-state index in [1.807, 2.05) is 42.2 Å². The Morgan fingerprint density at radius 2 is 1.93 bits per heavy atom. The van der Waals surface area contributed by atoms with Gasteiger partial charge in [-0.15, -0.1) is 0 Å². The van der Waals surface area contributed by atoms with Gasteiger partial charge >= 0.3 is 0 Å². The van der Waals surface area contributed by atoms with Gasteiger partial charge < -0.3 is 19.5 Å². The van der Waals surface area contributed by atoms with Crippen molar-refractivity contribution in [1.29, 1.82) is 0 Å². The summed E-state index contributed by atoms with van der Waals surface area (Å²) in [7, 11) is 0. The Kier molecular flexibility index (Phi) is 5.83. The Balaban J connectivity index is 1.24. The lowest BCUT2D eigenvalue weighted by atomic mass is 9.91. The molecule has 7 nitrogen and oxygen atoms in total. The van der Waals surface area contributed by atoms with Crippen LogP contribution in [-0.4, -0.2) is 47.6 Å². The number of likely N-dealkylation sites (tertiary alicyclic amines) is 1. The zero-order chi connectivity index (χ0) is 20.2. The number of fused-ring (bicyclic) bond motifs is 2. The summed E-state index contributed by atoms with van der Waals surface area (Å²) >= 11 is 0. The smallest absolute Gasteiger partial charge is 0.230 e. The first kappa shape index (κ1) is 19.5. The molecule has 1 aliphatic carbocycles. The first-order chi connectivity index (χ1) is 14.1. The van der Waals surface area contributed by atoms with Gasteiger partial charge in [-0.3, -0.25) is 9.59 Å². The third-order valence-corrected chi connectivity index (χ3v) is 5.86. The second-order valence-electron chi connectivity index (χ2n) is 8.01. The predicted octanol–water partition coefficient (Wildman–Crippen LogP) is 2.35. The van der Waals surface area contributed by atoms with Crippen molar-refractivity contribution in [1.82, 2.24) is 15.4 Å². The molecule has 1 N–H and O–H groups in total. The van der Waals surface area contributed by atoms with E-state index in [0.29, 0.717) is 43.7 Å². The number of para-hydroxylation sites is 1. The van der Waals surface area contributed by atoms with Crippen LogP contribution in [0.5, 0.6) is 5.75 Å². The van der Waals surface area contributed by atoms with Crippen molar-refractivity contribution in [2.75, 3.05) is 19.7 Å². The van der Waals surface area contributed by atoms with Crippen LogP contribution in [0.15, 0.2) is 40.9 Å². The fourth-order valence-corrected chi connectivity index (χ4v) is 4.46. The quantitative estimate of drug-likeness (QED) is 0.775.